The molecule has 0 spiro atoms. The summed E-state index contributed by atoms with van der Waals surface area (Å²) in [5, 5.41) is 12.8. The number of carboxylic acids is 1. The van der Waals surface area contributed by atoms with E-state index in [1.807, 2.05) is 0 Å². The first-order valence-electron chi connectivity index (χ1n) is 6.75. The number of nitrogens with one attached hydrogen (secondary N) is 1. The van der Waals surface area contributed by atoms with Crippen LogP contribution >= 0.6 is 22.9 Å². The smallest absolute Gasteiger partial charge is 0.347 e. The van der Waals surface area contributed by atoms with Crippen LogP contribution in [0.2, 0.25) is 5.02 Å². The van der Waals surface area contributed by atoms with E-state index in [1.165, 1.54) is 0 Å². The highest BCUT2D eigenvalue weighted by Gasteiger charge is 2.19. The van der Waals surface area contributed by atoms with Crippen molar-refractivity contribution in [3.8, 4) is 5.75 Å². The van der Waals surface area contributed by atoms with Crippen molar-refractivity contribution >= 4 is 34.8 Å². The van der Waals surface area contributed by atoms with Gasteiger partial charge in [-0.25, -0.2) is 9.78 Å². The lowest BCUT2D eigenvalue weighted by Crippen LogP contribution is -2.31. The number of halogens is 1. The second-order valence-corrected chi connectivity index (χ2v) is 6.27. The molecule has 0 aliphatic rings. The van der Waals surface area contributed by atoms with Gasteiger partial charge < -0.3 is 15.2 Å². The Labute approximate surface area is 142 Å². The molecule has 1 heterocycles. The van der Waals surface area contributed by atoms with E-state index in [0.717, 1.165) is 11.3 Å². The Morgan fingerprint density at radius 1 is 1.48 bits per heavy atom. The number of carbonyl (C=O) groups excluding carboxylic acids is 1. The van der Waals surface area contributed by atoms with Crippen LogP contribution in [0.25, 0.3) is 0 Å². The van der Waals surface area contributed by atoms with E-state index in [2.05, 4.69) is 10.3 Å². The molecule has 1 atom stereocenters. The number of carbonyl (C=O) groups is 2. The first-order chi connectivity index (χ1) is 10.9. The van der Waals surface area contributed by atoms with E-state index in [9.17, 15) is 9.59 Å². The second-order valence-electron chi connectivity index (χ2n) is 4.81. The van der Waals surface area contributed by atoms with Gasteiger partial charge in [-0.3, -0.25) is 4.79 Å². The number of aromatic carboxylic acids is 1. The summed E-state index contributed by atoms with van der Waals surface area (Å²) in [5.74, 6) is -0.852. The maximum absolute atomic E-state index is 11.9. The molecule has 0 aliphatic carbocycles. The van der Waals surface area contributed by atoms with Crippen molar-refractivity contribution in [2.24, 2.45) is 0 Å². The van der Waals surface area contributed by atoms with Crippen LogP contribution in [0.1, 0.15) is 33.3 Å². The SMILES string of the molecule is Cc1nc(C(C)NC(=O)COc2cccc(Cl)c2)sc1C(=O)O. The molecule has 2 aromatic rings. The fourth-order valence-electron chi connectivity index (χ4n) is 1.85. The quantitative estimate of drug-likeness (QED) is 0.832. The molecule has 1 aromatic carbocycles. The van der Waals surface area contributed by atoms with Gasteiger partial charge in [0, 0.05) is 5.02 Å². The summed E-state index contributed by atoms with van der Waals surface area (Å²) < 4.78 is 5.34. The number of thiazole rings is 1. The third kappa shape index (κ3) is 4.67. The number of carboxylic acid groups (broad SMARTS) is 1. The van der Waals surface area contributed by atoms with E-state index >= 15 is 0 Å². The molecule has 2 N–H and O–H groups in total. The van der Waals surface area contributed by atoms with E-state index in [1.54, 1.807) is 38.1 Å². The molecule has 0 fully saturated rings. The van der Waals surface area contributed by atoms with Crippen LogP contribution in [0.5, 0.6) is 5.75 Å². The summed E-state index contributed by atoms with van der Waals surface area (Å²) in [5.41, 5.74) is 0.439. The van der Waals surface area contributed by atoms with Crippen molar-refractivity contribution in [2.75, 3.05) is 6.61 Å². The summed E-state index contributed by atoms with van der Waals surface area (Å²) in [4.78, 5) is 27.3. The van der Waals surface area contributed by atoms with Crippen molar-refractivity contribution in [3.05, 3.63) is 44.9 Å². The lowest BCUT2D eigenvalue weighted by Gasteiger charge is -2.12. The molecular formula is C15H15ClN2O4S. The van der Waals surface area contributed by atoms with Crippen LogP contribution < -0.4 is 10.1 Å². The van der Waals surface area contributed by atoms with E-state index in [-0.39, 0.29) is 17.4 Å². The zero-order valence-electron chi connectivity index (χ0n) is 12.5. The highest BCUT2D eigenvalue weighted by Crippen LogP contribution is 2.23. The molecule has 1 unspecified atom stereocenters. The van der Waals surface area contributed by atoms with Crippen LogP contribution in [0, 0.1) is 6.92 Å². The molecule has 2 rings (SSSR count). The third-order valence-electron chi connectivity index (χ3n) is 2.92. The molecule has 8 heteroatoms. The third-order valence-corrected chi connectivity index (χ3v) is 4.48. The minimum atomic E-state index is -1.02. The van der Waals surface area contributed by atoms with E-state index in [4.69, 9.17) is 21.4 Å². The number of benzene rings is 1. The van der Waals surface area contributed by atoms with Gasteiger partial charge in [0.2, 0.25) is 0 Å². The normalized spacial score (nSPS) is 11.8. The summed E-state index contributed by atoms with van der Waals surface area (Å²) in [6.45, 7) is 3.20. The number of nitrogens with zero attached hydrogens (tertiary/aromatic N) is 1. The first-order valence-corrected chi connectivity index (χ1v) is 7.94. The molecule has 23 heavy (non-hydrogen) atoms. The first kappa shape index (κ1) is 17.2. The largest absolute Gasteiger partial charge is 0.484 e. The van der Waals surface area contributed by atoms with Gasteiger partial charge in [0.1, 0.15) is 15.6 Å². The molecule has 1 amide bonds. The summed E-state index contributed by atoms with van der Waals surface area (Å²) in [7, 11) is 0. The molecule has 0 bridgehead atoms. The van der Waals surface area contributed by atoms with Gasteiger partial charge in [0.05, 0.1) is 11.7 Å². The maximum Gasteiger partial charge on any atom is 0.347 e. The molecule has 6 nitrogen and oxygen atoms in total. The number of amides is 1. The number of rotatable bonds is 6. The summed E-state index contributed by atoms with van der Waals surface area (Å²) in [6, 6.07) is 6.35. The fourth-order valence-corrected chi connectivity index (χ4v) is 2.94. The van der Waals surface area contributed by atoms with Gasteiger partial charge in [0.15, 0.2) is 6.61 Å². The Morgan fingerprint density at radius 2 is 2.22 bits per heavy atom. The van der Waals surface area contributed by atoms with Crippen LogP contribution in [0.15, 0.2) is 24.3 Å². The number of hydrogen-bond donors (Lipinski definition) is 2. The molecule has 0 radical (unpaired) electrons. The van der Waals surface area contributed by atoms with Crippen molar-refractivity contribution in [1.29, 1.82) is 0 Å². The van der Waals surface area contributed by atoms with Gasteiger partial charge in [0.25, 0.3) is 5.91 Å². The minimum absolute atomic E-state index is 0.166. The molecular weight excluding hydrogens is 340 g/mol. The van der Waals surface area contributed by atoms with Gasteiger partial charge in [-0.1, -0.05) is 17.7 Å². The Balaban J connectivity index is 1.92. The second kappa shape index (κ2) is 7.43. The maximum atomic E-state index is 11.9. The fraction of sp³-hybridized carbons (Fsp3) is 0.267. The number of hydrogen-bond acceptors (Lipinski definition) is 5. The topological polar surface area (TPSA) is 88.5 Å². The number of ether oxygens (including phenoxy) is 1. The van der Waals surface area contributed by atoms with Crippen LogP contribution in [0.3, 0.4) is 0 Å². The van der Waals surface area contributed by atoms with Gasteiger partial charge in [-0.15, -0.1) is 11.3 Å². The zero-order valence-corrected chi connectivity index (χ0v) is 14.1. The molecule has 1 aromatic heterocycles. The lowest BCUT2D eigenvalue weighted by molar-refractivity contribution is -0.123. The Bertz CT molecular complexity index is 732. The van der Waals surface area contributed by atoms with Crippen molar-refractivity contribution in [1.82, 2.24) is 10.3 Å². The standard InChI is InChI=1S/C15H15ClN2O4S/c1-8-13(15(20)21)23-14(18-8)9(2)17-12(19)7-22-11-5-3-4-10(16)6-11/h3-6,9H,7H2,1-2H3,(H,17,19)(H,20,21). The Hall–Kier alpha value is -2.12. The molecule has 0 saturated heterocycles. The average molecular weight is 355 g/mol. The lowest BCUT2D eigenvalue weighted by atomic mass is 10.3. The minimum Gasteiger partial charge on any atom is -0.484 e. The predicted molar refractivity (Wildman–Crippen MR) is 87.3 cm³/mol. The highest BCUT2D eigenvalue weighted by atomic mass is 35.5. The molecule has 122 valence electrons. The Morgan fingerprint density at radius 3 is 2.83 bits per heavy atom. The average Bonchev–Trinajstić information content (AvgIpc) is 2.87. The Kier molecular flexibility index (Phi) is 5.57. The number of aromatic nitrogens is 1. The van der Waals surface area contributed by atoms with Crippen molar-refractivity contribution < 1.29 is 19.4 Å². The number of aryl methyl sites for hydroxylation is 1. The van der Waals surface area contributed by atoms with Crippen LogP contribution in [-0.2, 0) is 4.79 Å². The van der Waals surface area contributed by atoms with Gasteiger partial charge in [-0.05, 0) is 32.0 Å². The predicted octanol–water partition coefficient (Wildman–Crippen LogP) is 3.06. The summed E-state index contributed by atoms with van der Waals surface area (Å²) >= 11 is 6.88. The van der Waals surface area contributed by atoms with Crippen LogP contribution in [-0.4, -0.2) is 28.6 Å². The van der Waals surface area contributed by atoms with Crippen molar-refractivity contribution in [2.45, 2.75) is 19.9 Å². The molecule has 0 aliphatic heterocycles. The van der Waals surface area contributed by atoms with Gasteiger partial charge in [-0.2, -0.15) is 0 Å². The zero-order chi connectivity index (χ0) is 17.0. The van der Waals surface area contributed by atoms with Gasteiger partial charge >= 0.3 is 5.97 Å². The van der Waals surface area contributed by atoms with Crippen LogP contribution in [0.4, 0.5) is 0 Å². The van der Waals surface area contributed by atoms with Crippen molar-refractivity contribution in [3.63, 3.8) is 0 Å². The monoisotopic (exact) mass is 354 g/mol. The highest BCUT2D eigenvalue weighted by molar-refractivity contribution is 7.13. The summed E-state index contributed by atoms with van der Waals surface area (Å²) in [6.07, 6.45) is 0. The molecule has 0 saturated carbocycles. The van der Waals surface area contributed by atoms with E-state index in [0.29, 0.717) is 21.5 Å². The van der Waals surface area contributed by atoms with E-state index < -0.39 is 12.0 Å².